The fraction of sp³-hybridized carbons (Fsp3) is 0.593. The summed E-state index contributed by atoms with van der Waals surface area (Å²) in [6.07, 6.45) is -0.612. The van der Waals surface area contributed by atoms with Gasteiger partial charge in [0, 0.05) is 13.1 Å². The number of pyridine rings is 1. The highest BCUT2D eigenvalue weighted by Gasteiger charge is 2.41. The minimum absolute atomic E-state index is 0.223. The first-order valence-electron chi connectivity index (χ1n) is 12.8. The molecule has 1 saturated heterocycles. The summed E-state index contributed by atoms with van der Waals surface area (Å²) in [5.41, 5.74) is -1.67. The van der Waals surface area contributed by atoms with Crippen molar-refractivity contribution >= 4 is 35.8 Å². The van der Waals surface area contributed by atoms with E-state index >= 15 is 0 Å². The van der Waals surface area contributed by atoms with Gasteiger partial charge in [-0.3, -0.25) is 19.2 Å². The number of aryl methyl sites for hydroxylation is 1. The highest BCUT2D eigenvalue weighted by atomic mass is 16.6. The lowest BCUT2D eigenvalue weighted by Gasteiger charge is -2.29. The molecule has 2 heterocycles. The van der Waals surface area contributed by atoms with Crippen LogP contribution in [-0.2, 0) is 42.9 Å². The summed E-state index contributed by atoms with van der Waals surface area (Å²) in [5.74, 6) is -6.49. The lowest BCUT2D eigenvalue weighted by molar-refractivity contribution is -0.176. The van der Waals surface area contributed by atoms with E-state index in [9.17, 15) is 28.8 Å². The van der Waals surface area contributed by atoms with Crippen molar-refractivity contribution in [3.05, 3.63) is 23.5 Å². The third-order valence-corrected chi connectivity index (χ3v) is 6.01. The van der Waals surface area contributed by atoms with Crippen LogP contribution in [0.15, 0.2) is 12.3 Å². The highest BCUT2D eigenvalue weighted by molar-refractivity contribution is 5.99. The van der Waals surface area contributed by atoms with E-state index in [1.165, 1.54) is 33.0 Å². The third-order valence-electron chi connectivity index (χ3n) is 6.01. The highest BCUT2D eigenvalue weighted by Crippen LogP contribution is 2.26. The molecule has 4 atom stereocenters. The summed E-state index contributed by atoms with van der Waals surface area (Å²) in [6.45, 7) is 11.2. The van der Waals surface area contributed by atoms with Gasteiger partial charge in [0.15, 0.2) is 23.6 Å². The molecule has 1 aromatic heterocycles. The summed E-state index contributed by atoms with van der Waals surface area (Å²) in [5, 5.41) is 2.40. The standard InChI is InChI=1S/C27H36N2O11/c1-9-17-21(38-23(32)13(2)3)15(5)37-25(34)18(12-36-24(17)33)29-22(31)19-20(14(4)10-11-28-19)39-26(35)27(7,8)40-16(6)30/h10-11,13,15,17-18,21H,9,12H2,1-8H3,(H,29,31)/t15-,17+,18-,21-/m0/s1. The molecule has 0 bridgehead atoms. The van der Waals surface area contributed by atoms with E-state index in [2.05, 4.69) is 10.3 Å². The van der Waals surface area contributed by atoms with Crippen molar-refractivity contribution in [2.24, 2.45) is 11.8 Å². The molecular formula is C27H36N2O11. The molecule has 1 amide bonds. The third kappa shape index (κ3) is 7.99. The number of carbonyl (C=O) groups excluding carboxylic acids is 6. The minimum Gasteiger partial charge on any atom is -0.463 e. The van der Waals surface area contributed by atoms with Crippen LogP contribution in [0.1, 0.15) is 70.9 Å². The van der Waals surface area contributed by atoms with Crippen molar-refractivity contribution in [3.63, 3.8) is 0 Å². The van der Waals surface area contributed by atoms with Gasteiger partial charge in [-0.2, -0.15) is 0 Å². The number of cyclic esters (lactones) is 2. The van der Waals surface area contributed by atoms with E-state index < -0.39 is 78.0 Å². The number of ether oxygens (including phenoxy) is 5. The van der Waals surface area contributed by atoms with Crippen LogP contribution in [0.25, 0.3) is 0 Å². The Bertz CT molecular complexity index is 1160. The molecule has 1 aromatic rings. The zero-order valence-corrected chi connectivity index (χ0v) is 23.9. The molecule has 0 radical (unpaired) electrons. The van der Waals surface area contributed by atoms with Gasteiger partial charge >= 0.3 is 29.8 Å². The fourth-order valence-corrected chi connectivity index (χ4v) is 3.76. The number of aromatic nitrogens is 1. The van der Waals surface area contributed by atoms with Gasteiger partial charge in [0.1, 0.15) is 12.7 Å². The molecule has 220 valence electrons. The predicted molar refractivity (Wildman–Crippen MR) is 137 cm³/mol. The maximum atomic E-state index is 13.2. The molecule has 0 unspecified atom stereocenters. The van der Waals surface area contributed by atoms with Gasteiger partial charge in [-0.15, -0.1) is 0 Å². The van der Waals surface area contributed by atoms with Crippen LogP contribution >= 0.6 is 0 Å². The molecule has 0 aromatic carbocycles. The number of nitrogens with zero attached hydrogens (tertiary/aromatic N) is 1. The maximum Gasteiger partial charge on any atom is 0.355 e. The molecule has 13 heteroatoms. The van der Waals surface area contributed by atoms with E-state index in [1.54, 1.807) is 27.7 Å². The van der Waals surface area contributed by atoms with E-state index in [1.807, 2.05) is 0 Å². The second kappa shape index (κ2) is 13.4. The van der Waals surface area contributed by atoms with Crippen molar-refractivity contribution in [2.75, 3.05) is 6.61 Å². The Kier molecular flexibility index (Phi) is 10.7. The predicted octanol–water partition coefficient (Wildman–Crippen LogP) is 1.82. The Hall–Kier alpha value is -4.03. The van der Waals surface area contributed by atoms with Crippen LogP contribution in [-0.4, -0.2) is 71.2 Å². The number of hydrogen-bond acceptors (Lipinski definition) is 12. The van der Waals surface area contributed by atoms with Crippen molar-refractivity contribution in [1.29, 1.82) is 0 Å². The fourth-order valence-electron chi connectivity index (χ4n) is 3.76. The monoisotopic (exact) mass is 564 g/mol. The molecule has 1 N–H and O–H groups in total. The van der Waals surface area contributed by atoms with Crippen molar-refractivity contribution in [2.45, 2.75) is 85.7 Å². The summed E-state index contributed by atoms with van der Waals surface area (Å²) < 4.78 is 26.7. The molecule has 1 fully saturated rings. The second-order valence-electron chi connectivity index (χ2n) is 10.2. The van der Waals surface area contributed by atoms with E-state index in [0.29, 0.717) is 5.56 Å². The van der Waals surface area contributed by atoms with E-state index in [0.717, 1.165) is 6.92 Å². The van der Waals surface area contributed by atoms with Gasteiger partial charge in [-0.05, 0) is 45.7 Å². The summed E-state index contributed by atoms with van der Waals surface area (Å²) in [4.78, 5) is 79.4. The Balaban J connectivity index is 2.31. The lowest BCUT2D eigenvalue weighted by Crippen LogP contribution is -2.47. The number of nitrogens with one attached hydrogen (secondary N) is 1. The zero-order chi connectivity index (χ0) is 30.4. The van der Waals surface area contributed by atoms with Gasteiger partial charge in [0.25, 0.3) is 5.91 Å². The number of esters is 5. The molecule has 40 heavy (non-hydrogen) atoms. The Morgan fingerprint density at radius 2 is 1.82 bits per heavy atom. The topological polar surface area (TPSA) is 173 Å². The molecule has 2 rings (SSSR count). The molecule has 1 aliphatic rings. The van der Waals surface area contributed by atoms with Crippen LogP contribution < -0.4 is 10.1 Å². The van der Waals surface area contributed by atoms with Gasteiger partial charge in [-0.25, -0.2) is 14.6 Å². The lowest BCUT2D eigenvalue weighted by atomic mass is 9.95. The van der Waals surface area contributed by atoms with Crippen LogP contribution in [0, 0.1) is 18.8 Å². The van der Waals surface area contributed by atoms with Crippen LogP contribution in [0.4, 0.5) is 0 Å². The number of hydrogen-bond donors (Lipinski definition) is 1. The first kappa shape index (κ1) is 32.2. The first-order chi connectivity index (χ1) is 18.6. The summed E-state index contributed by atoms with van der Waals surface area (Å²) >= 11 is 0. The summed E-state index contributed by atoms with van der Waals surface area (Å²) in [6, 6.07) is 0.0265. The minimum atomic E-state index is -1.67. The largest absolute Gasteiger partial charge is 0.463 e. The molecule has 1 aliphatic heterocycles. The van der Waals surface area contributed by atoms with Crippen molar-refractivity contribution in [3.8, 4) is 5.75 Å². The van der Waals surface area contributed by atoms with Gasteiger partial charge in [0.2, 0.25) is 5.60 Å². The van der Waals surface area contributed by atoms with Gasteiger partial charge in [0.05, 0.1) is 11.8 Å². The van der Waals surface area contributed by atoms with Crippen LogP contribution in [0.3, 0.4) is 0 Å². The van der Waals surface area contributed by atoms with Gasteiger partial charge in [-0.1, -0.05) is 20.8 Å². The average Bonchev–Trinajstić information content (AvgIpc) is 2.88. The molecule has 13 nitrogen and oxygen atoms in total. The van der Waals surface area contributed by atoms with E-state index in [-0.39, 0.29) is 17.9 Å². The zero-order valence-electron chi connectivity index (χ0n) is 23.9. The SMILES string of the molecule is CC[C@H]1C(=O)OC[C@H](NC(=O)c2nccc(C)c2OC(=O)C(C)(C)OC(C)=O)C(=O)O[C@@H](C)[C@@H]1OC(=O)C(C)C. The second-order valence-corrected chi connectivity index (χ2v) is 10.2. The maximum absolute atomic E-state index is 13.2. The van der Waals surface area contributed by atoms with Crippen molar-refractivity contribution in [1.82, 2.24) is 10.3 Å². The van der Waals surface area contributed by atoms with Crippen LogP contribution in [0.2, 0.25) is 0 Å². The number of carbonyl (C=O) groups is 6. The first-order valence-corrected chi connectivity index (χ1v) is 12.8. The molecular weight excluding hydrogens is 528 g/mol. The summed E-state index contributed by atoms with van der Waals surface area (Å²) in [7, 11) is 0. The Morgan fingerprint density at radius 3 is 2.40 bits per heavy atom. The molecule has 0 aliphatic carbocycles. The Labute approximate surface area is 232 Å². The quantitative estimate of drug-likeness (QED) is 0.359. The number of rotatable bonds is 8. The average molecular weight is 565 g/mol. The molecule has 0 saturated carbocycles. The smallest absolute Gasteiger partial charge is 0.355 e. The molecule has 0 spiro atoms. The normalized spacial score (nSPS) is 21.6. The van der Waals surface area contributed by atoms with Crippen LogP contribution in [0.5, 0.6) is 5.75 Å². The number of amides is 1. The van der Waals surface area contributed by atoms with Gasteiger partial charge < -0.3 is 29.0 Å². The Morgan fingerprint density at radius 1 is 1.18 bits per heavy atom. The van der Waals surface area contributed by atoms with E-state index in [4.69, 9.17) is 23.7 Å². The van der Waals surface area contributed by atoms with Crippen molar-refractivity contribution < 1.29 is 52.5 Å².